The third kappa shape index (κ3) is 3.09. The van der Waals surface area contributed by atoms with Crippen molar-refractivity contribution in [2.24, 2.45) is 5.92 Å². The summed E-state index contributed by atoms with van der Waals surface area (Å²) in [6.07, 6.45) is -5.32. The highest BCUT2D eigenvalue weighted by Gasteiger charge is 2.65. The average Bonchev–Trinajstić information content (AvgIpc) is 2.52. The number of aromatic hydroxyl groups is 1. The number of phenolic OH excluding ortho intramolecular Hbond substituents is 1. The van der Waals surface area contributed by atoms with Crippen LogP contribution in [0, 0.1) is 5.92 Å². The summed E-state index contributed by atoms with van der Waals surface area (Å²) in [5.41, 5.74) is -3.81. The Labute approximate surface area is 145 Å². The molecule has 4 N–H and O–H groups in total. The number of alkyl halides is 3. The minimum absolute atomic E-state index is 0.0331. The number of amides is 2. The summed E-state index contributed by atoms with van der Waals surface area (Å²) in [4.78, 5) is 23.7. The summed E-state index contributed by atoms with van der Waals surface area (Å²) in [5, 5.41) is 23.6. The number of halogens is 3. The van der Waals surface area contributed by atoms with Crippen LogP contribution in [0.5, 0.6) is 17.2 Å². The zero-order chi connectivity index (χ0) is 19.9. The van der Waals surface area contributed by atoms with E-state index in [1.807, 2.05) is 0 Å². The first-order valence-corrected chi connectivity index (χ1v) is 7.29. The number of methoxy groups -OCH3 is 2. The highest BCUT2D eigenvalue weighted by Crippen LogP contribution is 2.46. The molecule has 0 saturated carbocycles. The Morgan fingerprint density at radius 2 is 1.73 bits per heavy atom. The fourth-order valence-corrected chi connectivity index (χ4v) is 2.90. The van der Waals surface area contributed by atoms with Gasteiger partial charge in [-0.3, -0.25) is 4.79 Å². The van der Waals surface area contributed by atoms with Crippen LogP contribution >= 0.6 is 0 Å². The van der Waals surface area contributed by atoms with Gasteiger partial charge < -0.3 is 30.3 Å². The van der Waals surface area contributed by atoms with E-state index in [2.05, 4.69) is 5.32 Å². The monoisotopic (exact) mass is 378 g/mol. The molecule has 1 aliphatic rings. The lowest BCUT2D eigenvalue weighted by atomic mass is 9.79. The predicted molar refractivity (Wildman–Crippen MR) is 80.8 cm³/mol. The zero-order valence-corrected chi connectivity index (χ0v) is 14.0. The smallest absolute Gasteiger partial charge is 0.437 e. The molecule has 1 aliphatic heterocycles. The summed E-state index contributed by atoms with van der Waals surface area (Å²) >= 11 is 0. The number of hydrogen-bond acceptors (Lipinski definition) is 6. The maximum atomic E-state index is 13.4. The molecule has 1 aromatic carbocycles. The molecule has 1 aromatic rings. The van der Waals surface area contributed by atoms with Gasteiger partial charge in [0.05, 0.1) is 26.2 Å². The zero-order valence-electron chi connectivity index (χ0n) is 14.0. The van der Waals surface area contributed by atoms with Gasteiger partial charge in [-0.2, -0.15) is 13.2 Å². The number of benzene rings is 1. The first-order valence-electron chi connectivity index (χ1n) is 7.29. The van der Waals surface area contributed by atoms with Gasteiger partial charge in [0, 0.05) is 0 Å². The molecule has 11 heteroatoms. The van der Waals surface area contributed by atoms with Crippen LogP contribution in [0.25, 0.3) is 0 Å². The van der Waals surface area contributed by atoms with E-state index in [0.29, 0.717) is 0 Å². The van der Waals surface area contributed by atoms with E-state index in [1.165, 1.54) is 19.5 Å². The largest absolute Gasteiger partial charge is 0.502 e. The number of rotatable bonds is 4. The Kier molecular flexibility index (Phi) is 4.95. The van der Waals surface area contributed by atoms with Crippen molar-refractivity contribution in [3.05, 3.63) is 17.7 Å². The van der Waals surface area contributed by atoms with Crippen molar-refractivity contribution in [3.63, 3.8) is 0 Å². The van der Waals surface area contributed by atoms with Crippen LogP contribution in [-0.4, -0.2) is 48.1 Å². The van der Waals surface area contributed by atoms with Gasteiger partial charge in [-0.05, 0) is 24.6 Å². The summed E-state index contributed by atoms with van der Waals surface area (Å²) in [6, 6.07) is -0.601. The Morgan fingerprint density at radius 1 is 1.23 bits per heavy atom. The van der Waals surface area contributed by atoms with Crippen molar-refractivity contribution in [1.82, 2.24) is 10.6 Å². The molecule has 1 saturated heterocycles. The predicted octanol–water partition coefficient (Wildman–Crippen LogP) is 1.22. The second-order valence-electron chi connectivity index (χ2n) is 5.70. The number of hydrogen-bond donors (Lipinski definition) is 4. The molecule has 2 amide bonds. The van der Waals surface area contributed by atoms with Gasteiger partial charge in [0.25, 0.3) is 0 Å². The van der Waals surface area contributed by atoms with E-state index < -0.39 is 41.4 Å². The van der Waals surface area contributed by atoms with Crippen LogP contribution in [0.4, 0.5) is 18.0 Å². The topological polar surface area (TPSA) is 117 Å². The van der Waals surface area contributed by atoms with Gasteiger partial charge in [0.2, 0.25) is 11.5 Å². The van der Waals surface area contributed by atoms with E-state index in [-0.39, 0.29) is 17.1 Å². The molecule has 144 valence electrons. The van der Waals surface area contributed by atoms with Crippen LogP contribution < -0.4 is 20.1 Å². The highest BCUT2D eigenvalue weighted by molar-refractivity contribution is 5.86. The molecule has 2 rings (SSSR count). The number of nitrogens with one attached hydrogen (secondary N) is 2. The Hall–Kier alpha value is -2.69. The molecule has 0 radical (unpaired) electrons. The SMILES string of the molecule is COc1cc([C@H]2NC(=O)N[C@](O)(C(F)(F)F)[C@@H]2C(C)=O)cc(OC)c1O. The van der Waals surface area contributed by atoms with Gasteiger partial charge >= 0.3 is 12.2 Å². The van der Waals surface area contributed by atoms with Gasteiger partial charge in [-0.15, -0.1) is 0 Å². The van der Waals surface area contributed by atoms with Crippen molar-refractivity contribution in [3.8, 4) is 17.2 Å². The molecule has 0 unspecified atom stereocenters. The van der Waals surface area contributed by atoms with Crippen LogP contribution in [0.1, 0.15) is 18.5 Å². The minimum Gasteiger partial charge on any atom is -0.502 e. The standard InChI is InChI=1S/C15H17F3N2O6/c1-6(21)10-11(19-13(23)20-14(10,24)15(16,17)18)7-4-8(25-2)12(22)9(5-7)26-3/h4-5,10-11,22,24H,1-3H3,(H2,19,20,23)/t10-,11-,14-/m1/s1. The summed E-state index contributed by atoms with van der Waals surface area (Å²) in [7, 11) is 2.40. The van der Waals surface area contributed by atoms with Crippen LogP contribution in [0.2, 0.25) is 0 Å². The van der Waals surface area contributed by atoms with Crippen molar-refractivity contribution < 1.29 is 42.4 Å². The molecule has 26 heavy (non-hydrogen) atoms. The molecule has 1 heterocycles. The van der Waals surface area contributed by atoms with Gasteiger partial charge in [0.1, 0.15) is 5.78 Å². The van der Waals surface area contributed by atoms with Crippen molar-refractivity contribution in [2.45, 2.75) is 24.9 Å². The lowest BCUT2D eigenvalue weighted by Crippen LogP contribution is -2.72. The Morgan fingerprint density at radius 3 is 2.12 bits per heavy atom. The fourth-order valence-electron chi connectivity index (χ4n) is 2.90. The van der Waals surface area contributed by atoms with E-state index in [0.717, 1.165) is 19.1 Å². The maximum Gasteiger partial charge on any atom is 0.437 e. The first-order chi connectivity index (χ1) is 12.0. The minimum atomic E-state index is -5.32. The van der Waals surface area contributed by atoms with Crippen molar-refractivity contribution in [1.29, 1.82) is 0 Å². The van der Waals surface area contributed by atoms with Gasteiger partial charge in [-0.25, -0.2) is 4.79 Å². The second-order valence-corrected chi connectivity index (χ2v) is 5.70. The number of aliphatic hydroxyl groups is 1. The molecule has 0 bridgehead atoms. The number of ether oxygens (including phenoxy) is 2. The number of ketones is 1. The van der Waals surface area contributed by atoms with E-state index in [9.17, 15) is 33.0 Å². The lowest BCUT2D eigenvalue weighted by molar-refractivity contribution is -0.290. The fraction of sp³-hybridized carbons (Fsp3) is 0.467. The van der Waals surface area contributed by atoms with Crippen LogP contribution in [0.3, 0.4) is 0 Å². The highest BCUT2D eigenvalue weighted by atomic mass is 19.4. The third-order valence-corrected chi connectivity index (χ3v) is 4.11. The first kappa shape index (κ1) is 19.6. The number of phenols is 1. The van der Waals surface area contributed by atoms with Crippen molar-refractivity contribution >= 4 is 11.8 Å². The number of Topliss-reactive ketones (excluding diaryl/α,β-unsaturated/α-hetero) is 1. The summed E-state index contributed by atoms with van der Waals surface area (Å²) in [6.45, 7) is 0.864. The van der Waals surface area contributed by atoms with Gasteiger partial charge in [-0.1, -0.05) is 0 Å². The van der Waals surface area contributed by atoms with E-state index in [1.54, 1.807) is 0 Å². The van der Waals surface area contributed by atoms with Crippen LogP contribution in [0.15, 0.2) is 12.1 Å². The molecule has 0 spiro atoms. The molecule has 0 aliphatic carbocycles. The normalized spacial score (nSPS) is 25.9. The quantitative estimate of drug-likeness (QED) is 0.626. The molecular weight excluding hydrogens is 361 g/mol. The van der Waals surface area contributed by atoms with Crippen LogP contribution in [-0.2, 0) is 4.79 Å². The third-order valence-electron chi connectivity index (χ3n) is 4.11. The van der Waals surface area contributed by atoms with Crippen molar-refractivity contribution in [2.75, 3.05) is 14.2 Å². The molecular formula is C15H17F3N2O6. The lowest BCUT2D eigenvalue weighted by Gasteiger charge is -2.44. The maximum absolute atomic E-state index is 13.4. The number of carbonyl (C=O) groups excluding carboxylic acids is 2. The van der Waals surface area contributed by atoms with E-state index >= 15 is 0 Å². The molecule has 0 aromatic heterocycles. The number of urea groups is 1. The average molecular weight is 378 g/mol. The Bertz CT molecular complexity index is 714. The Balaban J connectivity index is 2.66. The molecule has 3 atom stereocenters. The summed E-state index contributed by atoms with van der Waals surface area (Å²) in [5.74, 6) is -3.83. The molecule has 1 fully saturated rings. The summed E-state index contributed by atoms with van der Waals surface area (Å²) < 4.78 is 50.1. The second kappa shape index (κ2) is 6.56. The van der Waals surface area contributed by atoms with E-state index in [4.69, 9.17) is 9.47 Å². The molecule has 8 nitrogen and oxygen atoms in total. The number of carbonyl (C=O) groups is 2. The van der Waals surface area contributed by atoms with Gasteiger partial charge in [0.15, 0.2) is 11.5 Å².